The Hall–Kier alpha value is -1.81. The summed E-state index contributed by atoms with van der Waals surface area (Å²) in [6, 6.07) is 7.36. The van der Waals surface area contributed by atoms with E-state index in [-0.39, 0.29) is 0 Å². The topological polar surface area (TPSA) is 55.5 Å². The highest BCUT2D eigenvalue weighted by molar-refractivity contribution is 5.18. The molecule has 2 heterocycles. The van der Waals surface area contributed by atoms with Crippen LogP contribution in [-0.4, -0.2) is 23.3 Å². The first-order valence-corrected chi connectivity index (χ1v) is 5.47. The van der Waals surface area contributed by atoms with Crippen molar-refractivity contribution in [1.29, 1.82) is 0 Å². The number of pyridine rings is 1. The van der Waals surface area contributed by atoms with Crippen molar-refractivity contribution in [3.05, 3.63) is 48.0 Å². The lowest BCUT2D eigenvalue weighted by atomic mass is 10.1. The summed E-state index contributed by atoms with van der Waals surface area (Å²) in [7, 11) is 1.58. The second kappa shape index (κ2) is 5.50. The van der Waals surface area contributed by atoms with Crippen molar-refractivity contribution in [1.82, 2.24) is 4.98 Å². The summed E-state index contributed by atoms with van der Waals surface area (Å²) >= 11 is 0. The number of aliphatic hydroxyl groups excluding tert-OH is 1. The zero-order valence-corrected chi connectivity index (χ0v) is 9.67. The summed E-state index contributed by atoms with van der Waals surface area (Å²) in [5.74, 6) is 1.37. The summed E-state index contributed by atoms with van der Waals surface area (Å²) in [6.07, 6.45) is 3.93. The smallest absolute Gasteiger partial charge is 0.212 e. The Balaban J connectivity index is 1.91. The van der Waals surface area contributed by atoms with E-state index in [0.717, 1.165) is 11.3 Å². The molecule has 4 heteroatoms. The zero-order chi connectivity index (χ0) is 12.1. The molecule has 0 spiro atoms. The normalized spacial score (nSPS) is 12.4. The van der Waals surface area contributed by atoms with Crippen LogP contribution >= 0.6 is 0 Å². The molecule has 1 unspecified atom stereocenters. The number of ether oxygens (including phenoxy) is 1. The minimum Gasteiger partial charge on any atom is -0.481 e. The van der Waals surface area contributed by atoms with Crippen molar-refractivity contribution in [3.8, 4) is 5.88 Å². The number of aliphatic hydroxyl groups is 1. The summed E-state index contributed by atoms with van der Waals surface area (Å²) in [5.41, 5.74) is 0.977. The number of rotatable bonds is 5. The molecular weight excluding hydrogens is 218 g/mol. The zero-order valence-electron chi connectivity index (χ0n) is 9.67. The molecule has 0 saturated heterocycles. The fourth-order valence-electron chi connectivity index (χ4n) is 1.66. The van der Waals surface area contributed by atoms with E-state index < -0.39 is 6.10 Å². The monoisotopic (exact) mass is 233 g/mol. The molecule has 17 heavy (non-hydrogen) atoms. The van der Waals surface area contributed by atoms with Crippen molar-refractivity contribution in [3.63, 3.8) is 0 Å². The minimum absolute atomic E-state index is 0.462. The van der Waals surface area contributed by atoms with Crippen LogP contribution in [0, 0.1) is 0 Å². The molecule has 4 nitrogen and oxygen atoms in total. The van der Waals surface area contributed by atoms with Gasteiger partial charge in [-0.1, -0.05) is 6.07 Å². The van der Waals surface area contributed by atoms with Gasteiger partial charge in [0, 0.05) is 25.1 Å². The molecule has 2 aromatic heterocycles. The van der Waals surface area contributed by atoms with E-state index in [4.69, 9.17) is 9.15 Å². The van der Waals surface area contributed by atoms with Crippen molar-refractivity contribution < 1.29 is 14.3 Å². The van der Waals surface area contributed by atoms with Crippen LogP contribution in [-0.2, 0) is 12.8 Å². The fourth-order valence-corrected chi connectivity index (χ4v) is 1.66. The Bertz CT molecular complexity index is 436. The van der Waals surface area contributed by atoms with E-state index in [2.05, 4.69) is 4.98 Å². The standard InChI is InChI=1S/C13H15NO3/c1-16-13-5-4-10(9-14-13)7-11(15)8-12-3-2-6-17-12/h2-6,9,11,15H,7-8H2,1H3. The first kappa shape index (κ1) is 11.7. The van der Waals surface area contributed by atoms with E-state index in [1.165, 1.54) is 0 Å². The first-order chi connectivity index (χ1) is 8.28. The molecule has 0 saturated carbocycles. The van der Waals surface area contributed by atoms with Gasteiger partial charge >= 0.3 is 0 Å². The Kier molecular flexibility index (Phi) is 3.77. The Morgan fingerprint density at radius 3 is 2.82 bits per heavy atom. The highest BCUT2D eigenvalue weighted by Crippen LogP contribution is 2.11. The van der Waals surface area contributed by atoms with Gasteiger partial charge in [0.25, 0.3) is 0 Å². The van der Waals surface area contributed by atoms with E-state index in [0.29, 0.717) is 18.7 Å². The number of hydrogen-bond donors (Lipinski definition) is 1. The lowest BCUT2D eigenvalue weighted by Gasteiger charge is -2.08. The van der Waals surface area contributed by atoms with E-state index in [1.54, 1.807) is 25.6 Å². The number of nitrogens with zero attached hydrogens (tertiary/aromatic N) is 1. The Morgan fingerprint density at radius 1 is 1.35 bits per heavy atom. The molecule has 0 aromatic carbocycles. The van der Waals surface area contributed by atoms with Crippen LogP contribution in [0.5, 0.6) is 5.88 Å². The van der Waals surface area contributed by atoms with Gasteiger partial charge in [-0.25, -0.2) is 4.98 Å². The second-order valence-electron chi connectivity index (χ2n) is 3.85. The van der Waals surface area contributed by atoms with Gasteiger partial charge in [0.1, 0.15) is 5.76 Å². The third-order valence-corrected chi connectivity index (χ3v) is 2.49. The van der Waals surface area contributed by atoms with Crippen LogP contribution in [0.1, 0.15) is 11.3 Å². The largest absolute Gasteiger partial charge is 0.481 e. The number of furan rings is 1. The van der Waals surface area contributed by atoms with Gasteiger partial charge in [0.05, 0.1) is 19.5 Å². The molecule has 0 aliphatic carbocycles. The molecule has 0 amide bonds. The van der Waals surface area contributed by atoms with Crippen LogP contribution in [0.3, 0.4) is 0 Å². The molecule has 2 aromatic rings. The predicted molar refractivity (Wildman–Crippen MR) is 62.9 cm³/mol. The van der Waals surface area contributed by atoms with Crippen LogP contribution in [0.15, 0.2) is 41.1 Å². The molecule has 0 aliphatic rings. The molecule has 0 bridgehead atoms. The molecule has 0 radical (unpaired) electrons. The van der Waals surface area contributed by atoms with Gasteiger partial charge in [0.15, 0.2) is 0 Å². The van der Waals surface area contributed by atoms with E-state index >= 15 is 0 Å². The van der Waals surface area contributed by atoms with Crippen LogP contribution < -0.4 is 4.74 Å². The number of hydrogen-bond acceptors (Lipinski definition) is 4. The Labute approximate surface area is 99.9 Å². The van der Waals surface area contributed by atoms with Crippen molar-refractivity contribution in [2.75, 3.05) is 7.11 Å². The minimum atomic E-state index is -0.462. The second-order valence-corrected chi connectivity index (χ2v) is 3.85. The highest BCUT2D eigenvalue weighted by Gasteiger charge is 2.09. The molecule has 0 aliphatic heterocycles. The molecule has 1 atom stereocenters. The highest BCUT2D eigenvalue weighted by atomic mass is 16.5. The summed E-state index contributed by atoms with van der Waals surface area (Å²) in [4.78, 5) is 4.09. The van der Waals surface area contributed by atoms with Gasteiger partial charge < -0.3 is 14.3 Å². The lowest BCUT2D eigenvalue weighted by molar-refractivity contribution is 0.167. The predicted octanol–water partition coefficient (Wildman–Crippen LogP) is 1.83. The summed E-state index contributed by atoms with van der Waals surface area (Å²) in [6.45, 7) is 0. The molecule has 0 fully saturated rings. The van der Waals surface area contributed by atoms with Gasteiger partial charge in [-0.3, -0.25) is 0 Å². The van der Waals surface area contributed by atoms with Gasteiger partial charge in [-0.2, -0.15) is 0 Å². The number of methoxy groups -OCH3 is 1. The van der Waals surface area contributed by atoms with Crippen LogP contribution in [0.25, 0.3) is 0 Å². The Morgan fingerprint density at radius 2 is 2.24 bits per heavy atom. The van der Waals surface area contributed by atoms with Crippen molar-refractivity contribution in [2.24, 2.45) is 0 Å². The first-order valence-electron chi connectivity index (χ1n) is 5.47. The fraction of sp³-hybridized carbons (Fsp3) is 0.308. The summed E-state index contributed by atoms with van der Waals surface area (Å²) < 4.78 is 10.2. The number of aromatic nitrogens is 1. The summed E-state index contributed by atoms with van der Waals surface area (Å²) in [5, 5.41) is 9.88. The van der Waals surface area contributed by atoms with Gasteiger partial charge in [-0.05, 0) is 17.7 Å². The third-order valence-electron chi connectivity index (χ3n) is 2.49. The maximum absolute atomic E-state index is 9.88. The van der Waals surface area contributed by atoms with Crippen LogP contribution in [0.2, 0.25) is 0 Å². The average Bonchev–Trinajstić information content (AvgIpc) is 2.82. The lowest BCUT2D eigenvalue weighted by Crippen LogP contribution is -2.13. The van der Waals surface area contributed by atoms with Crippen molar-refractivity contribution >= 4 is 0 Å². The molecule has 2 rings (SSSR count). The van der Waals surface area contributed by atoms with E-state index in [9.17, 15) is 5.11 Å². The van der Waals surface area contributed by atoms with Gasteiger partial charge in [0.2, 0.25) is 5.88 Å². The quantitative estimate of drug-likeness (QED) is 0.856. The van der Waals surface area contributed by atoms with Gasteiger partial charge in [-0.15, -0.1) is 0 Å². The van der Waals surface area contributed by atoms with Crippen molar-refractivity contribution in [2.45, 2.75) is 18.9 Å². The SMILES string of the molecule is COc1ccc(CC(O)Cc2ccco2)cn1. The average molecular weight is 233 g/mol. The van der Waals surface area contributed by atoms with E-state index in [1.807, 2.05) is 18.2 Å². The third kappa shape index (κ3) is 3.32. The molecule has 1 N–H and O–H groups in total. The molecule has 90 valence electrons. The molecular formula is C13H15NO3. The van der Waals surface area contributed by atoms with Crippen LogP contribution in [0.4, 0.5) is 0 Å². The maximum atomic E-state index is 9.88. The maximum Gasteiger partial charge on any atom is 0.212 e.